The van der Waals surface area contributed by atoms with E-state index in [1.807, 2.05) is 36.4 Å². The second-order valence-corrected chi connectivity index (χ2v) is 7.63. The third-order valence-corrected chi connectivity index (χ3v) is 5.60. The predicted octanol–water partition coefficient (Wildman–Crippen LogP) is 3.39. The first-order chi connectivity index (χ1) is 15.1. The van der Waals surface area contributed by atoms with Gasteiger partial charge in [0, 0.05) is 38.3 Å². The maximum Gasteiger partial charge on any atom is 0.243 e. The molecular formula is C25H24FN3O2. The molecule has 31 heavy (non-hydrogen) atoms. The average molecular weight is 417 g/mol. The molecule has 1 fully saturated rings. The van der Waals surface area contributed by atoms with Gasteiger partial charge in [-0.2, -0.15) is 0 Å². The van der Waals surface area contributed by atoms with Crippen LogP contribution in [0.5, 0.6) is 0 Å². The summed E-state index contributed by atoms with van der Waals surface area (Å²) in [6.07, 6.45) is 4.46. The third kappa shape index (κ3) is 4.97. The van der Waals surface area contributed by atoms with Crippen LogP contribution >= 0.6 is 0 Å². The normalized spacial score (nSPS) is 16.1. The molecule has 0 radical (unpaired) electrons. The summed E-state index contributed by atoms with van der Waals surface area (Å²) in [6, 6.07) is 17.7. The molecule has 6 heteroatoms. The first kappa shape index (κ1) is 20.7. The van der Waals surface area contributed by atoms with Gasteiger partial charge in [0.2, 0.25) is 11.8 Å². The van der Waals surface area contributed by atoms with Crippen molar-refractivity contribution < 1.29 is 14.0 Å². The van der Waals surface area contributed by atoms with Gasteiger partial charge in [-0.05, 0) is 40.8 Å². The number of rotatable bonds is 6. The summed E-state index contributed by atoms with van der Waals surface area (Å²) < 4.78 is 13.9. The minimum atomic E-state index is -0.564. The fourth-order valence-electron chi connectivity index (χ4n) is 3.89. The van der Waals surface area contributed by atoms with Crippen LogP contribution in [0.25, 0.3) is 11.1 Å². The van der Waals surface area contributed by atoms with Crippen molar-refractivity contribution >= 4 is 11.8 Å². The lowest BCUT2D eigenvalue weighted by atomic mass is 9.98. The molecule has 2 amide bonds. The fourth-order valence-corrected chi connectivity index (χ4v) is 3.89. The van der Waals surface area contributed by atoms with Gasteiger partial charge < -0.3 is 10.2 Å². The van der Waals surface area contributed by atoms with E-state index in [9.17, 15) is 14.0 Å². The number of pyridine rings is 1. The lowest BCUT2D eigenvalue weighted by Crippen LogP contribution is -2.58. The zero-order valence-corrected chi connectivity index (χ0v) is 17.1. The number of amides is 2. The number of carbonyl (C=O) groups is 2. The Morgan fingerprint density at radius 3 is 2.61 bits per heavy atom. The number of halogens is 1. The Kier molecular flexibility index (Phi) is 6.36. The number of piperazine rings is 1. The van der Waals surface area contributed by atoms with Gasteiger partial charge >= 0.3 is 0 Å². The molecular weight excluding hydrogens is 393 g/mol. The van der Waals surface area contributed by atoms with Gasteiger partial charge in [0.15, 0.2) is 0 Å². The second-order valence-electron chi connectivity index (χ2n) is 7.63. The number of hydrogen-bond acceptors (Lipinski definition) is 3. The number of aryl methyl sites for hydroxylation is 1. The highest BCUT2D eigenvalue weighted by Crippen LogP contribution is 2.21. The molecule has 1 atom stereocenters. The van der Waals surface area contributed by atoms with Crippen molar-refractivity contribution in [2.45, 2.75) is 25.3 Å². The number of nitrogens with one attached hydrogen (secondary N) is 1. The summed E-state index contributed by atoms with van der Waals surface area (Å²) in [5, 5.41) is 2.86. The number of nitrogens with zero attached hydrogens (tertiary/aromatic N) is 2. The van der Waals surface area contributed by atoms with Gasteiger partial charge in [0.1, 0.15) is 11.9 Å². The Balaban J connectivity index is 1.44. The van der Waals surface area contributed by atoms with E-state index in [1.54, 1.807) is 35.5 Å². The van der Waals surface area contributed by atoms with E-state index in [-0.39, 0.29) is 24.1 Å². The molecule has 1 saturated heterocycles. The number of carbonyl (C=O) groups excluding carboxylic acids is 2. The SMILES string of the molecule is O=C1NCCN(C(=O)CCc2ccccc2F)[C@@H]1Cc1ccc(-c2cccnc2)cc1. The molecule has 158 valence electrons. The smallest absolute Gasteiger partial charge is 0.243 e. The van der Waals surface area contributed by atoms with Gasteiger partial charge in [-0.3, -0.25) is 14.6 Å². The van der Waals surface area contributed by atoms with Crippen molar-refractivity contribution in [1.82, 2.24) is 15.2 Å². The molecule has 2 aromatic carbocycles. The van der Waals surface area contributed by atoms with Crippen LogP contribution in [0.4, 0.5) is 4.39 Å². The van der Waals surface area contributed by atoms with E-state index in [2.05, 4.69) is 10.3 Å². The first-order valence-corrected chi connectivity index (χ1v) is 10.4. The maximum absolute atomic E-state index is 13.9. The molecule has 0 unspecified atom stereocenters. The Hall–Kier alpha value is -3.54. The van der Waals surface area contributed by atoms with Gasteiger partial charge in [0.05, 0.1) is 0 Å². The van der Waals surface area contributed by atoms with Crippen molar-refractivity contribution in [2.75, 3.05) is 13.1 Å². The Labute approximate surface area is 180 Å². The predicted molar refractivity (Wildman–Crippen MR) is 117 cm³/mol. The summed E-state index contributed by atoms with van der Waals surface area (Å²) in [5.74, 6) is -0.589. The van der Waals surface area contributed by atoms with Gasteiger partial charge in [-0.15, -0.1) is 0 Å². The van der Waals surface area contributed by atoms with Crippen molar-refractivity contribution in [3.63, 3.8) is 0 Å². The Morgan fingerprint density at radius 1 is 1.06 bits per heavy atom. The molecule has 5 nitrogen and oxygen atoms in total. The summed E-state index contributed by atoms with van der Waals surface area (Å²) in [4.78, 5) is 31.2. The number of aromatic nitrogens is 1. The average Bonchev–Trinajstić information content (AvgIpc) is 2.81. The standard InChI is InChI=1S/C25H24FN3O2/c26-22-6-2-1-4-20(22)11-12-24(30)29-15-14-28-25(31)23(29)16-18-7-9-19(10-8-18)21-5-3-13-27-17-21/h1-10,13,17,23H,11-12,14-16H2,(H,28,31)/t23-/m1/s1. The largest absolute Gasteiger partial charge is 0.353 e. The molecule has 3 aromatic rings. The molecule has 0 bridgehead atoms. The second kappa shape index (κ2) is 9.51. The molecule has 1 aliphatic heterocycles. The van der Waals surface area contributed by atoms with Crippen molar-refractivity contribution in [3.8, 4) is 11.1 Å². The topological polar surface area (TPSA) is 62.3 Å². The summed E-state index contributed by atoms with van der Waals surface area (Å²) >= 11 is 0. The maximum atomic E-state index is 13.9. The van der Waals surface area contributed by atoms with E-state index in [4.69, 9.17) is 0 Å². The molecule has 1 aromatic heterocycles. The molecule has 2 heterocycles. The molecule has 4 rings (SSSR count). The summed E-state index contributed by atoms with van der Waals surface area (Å²) in [5.41, 5.74) is 3.55. The van der Waals surface area contributed by atoms with Crippen LogP contribution in [0, 0.1) is 5.82 Å². The van der Waals surface area contributed by atoms with Crippen molar-refractivity contribution in [1.29, 1.82) is 0 Å². The minimum Gasteiger partial charge on any atom is -0.353 e. The van der Waals surface area contributed by atoms with E-state index in [1.165, 1.54) is 6.07 Å². The van der Waals surface area contributed by atoms with Crippen LogP contribution in [-0.2, 0) is 22.4 Å². The van der Waals surface area contributed by atoms with Gasteiger partial charge in [-0.25, -0.2) is 4.39 Å². The monoisotopic (exact) mass is 417 g/mol. The minimum absolute atomic E-state index is 0.130. The van der Waals surface area contributed by atoms with E-state index >= 15 is 0 Å². The third-order valence-electron chi connectivity index (χ3n) is 5.60. The highest BCUT2D eigenvalue weighted by Gasteiger charge is 2.32. The quantitative estimate of drug-likeness (QED) is 0.669. The molecule has 0 aliphatic carbocycles. The molecule has 0 saturated carbocycles. The Morgan fingerprint density at radius 2 is 1.87 bits per heavy atom. The van der Waals surface area contributed by atoms with Crippen LogP contribution in [0.3, 0.4) is 0 Å². The highest BCUT2D eigenvalue weighted by atomic mass is 19.1. The van der Waals surface area contributed by atoms with E-state index in [0.29, 0.717) is 31.5 Å². The van der Waals surface area contributed by atoms with Crippen LogP contribution in [0.2, 0.25) is 0 Å². The van der Waals surface area contributed by atoms with E-state index < -0.39 is 6.04 Å². The summed E-state index contributed by atoms with van der Waals surface area (Å²) in [6.45, 7) is 0.890. The van der Waals surface area contributed by atoms with Crippen molar-refractivity contribution in [3.05, 3.63) is 90.0 Å². The van der Waals surface area contributed by atoms with Crippen LogP contribution in [0.15, 0.2) is 73.1 Å². The zero-order chi connectivity index (χ0) is 21.6. The zero-order valence-electron chi connectivity index (χ0n) is 17.1. The van der Waals surface area contributed by atoms with Crippen LogP contribution < -0.4 is 5.32 Å². The van der Waals surface area contributed by atoms with Crippen LogP contribution in [0.1, 0.15) is 17.5 Å². The summed E-state index contributed by atoms with van der Waals surface area (Å²) in [7, 11) is 0. The lowest BCUT2D eigenvalue weighted by molar-refractivity contribution is -0.143. The molecule has 1 aliphatic rings. The Bertz CT molecular complexity index is 1050. The van der Waals surface area contributed by atoms with E-state index in [0.717, 1.165) is 16.7 Å². The van der Waals surface area contributed by atoms with Gasteiger partial charge in [0.25, 0.3) is 0 Å². The van der Waals surface area contributed by atoms with Crippen LogP contribution in [-0.4, -0.2) is 40.8 Å². The number of hydrogen-bond donors (Lipinski definition) is 1. The van der Waals surface area contributed by atoms with Crippen molar-refractivity contribution in [2.24, 2.45) is 0 Å². The first-order valence-electron chi connectivity index (χ1n) is 10.4. The number of benzene rings is 2. The van der Waals surface area contributed by atoms with Gasteiger partial charge in [-0.1, -0.05) is 48.5 Å². The molecule has 1 N–H and O–H groups in total. The molecule has 0 spiro atoms. The highest BCUT2D eigenvalue weighted by molar-refractivity contribution is 5.89. The fraction of sp³-hybridized carbons (Fsp3) is 0.240. The lowest BCUT2D eigenvalue weighted by Gasteiger charge is -2.35.